The second-order valence-corrected chi connectivity index (χ2v) is 4.39. The highest BCUT2D eigenvalue weighted by Crippen LogP contribution is 2.48. The fourth-order valence-corrected chi connectivity index (χ4v) is 3.02. The zero-order chi connectivity index (χ0) is 7.84. The average molecular weight is 149 g/mol. The maximum absolute atomic E-state index is 8.74. The molecular formula is C10H15N. The van der Waals surface area contributed by atoms with Gasteiger partial charge in [0.1, 0.15) is 0 Å². The van der Waals surface area contributed by atoms with Gasteiger partial charge in [-0.3, -0.25) is 0 Å². The minimum atomic E-state index is 0.400. The molecule has 60 valence electrons. The molecular weight excluding hydrogens is 134 g/mol. The summed E-state index contributed by atoms with van der Waals surface area (Å²) in [5.41, 5.74) is 0. The average Bonchev–Trinajstić information content (AvgIpc) is 2.43. The molecule has 1 nitrogen and oxygen atoms in total. The van der Waals surface area contributed by atoms with Crippen molar-refractivity contribution in [1.29, 1.82) is 5.26 Å². The summed E-state index contributed by atoms with van der Waals surface area (Å²) in [6, 6.07) is 2.41. The molecule has 0 amide bonds. The van der Waals surface area contributed by atoms with Crippen LogP contribution in [0.2, 0.25) is 0 Å². The highest BCUT2D eigenvalue weighted by molar-refractivity contribution is 4.97. The van der Waals surface area contributed by atoms with Gasteiger partial charge >= 0.3 is 0 Å². The summed E-state index contributed by atoms with van der Waals surface area (Å²) < 4.78 is 0. The minimum Gasteiger partial charge on any atom is -0.198 e. The van der Waals surface area contributed by atoms with Crippen LogP contribution < -0.4 is 0 Å². The van der Waals surface area contributed by atoms with E-state index in [4.69, 9.17) is 5.26 Å². The number of nitrogens with zero attached hydrogens (tertiary/aromatic N) is 1. The van der Waals surface area contributed by atoms with Crippen LogP contribution in [-0.2, 0) is 0 Å². The third-order valence-corrected chi connectivity index (χ3v) is 3.43. The standard InChI is InChI=1S/C10H15N/c1-7-2-9-4-8(6-11)5-10(9)3-7/h7-10H,2-5H2,1H3/t7?,8?,9-,10+. The monoisotopic (exact) mass is 149 g/mol. The van der Waals surface area contributed by atoms with Gasteiger partial charge in [-0.25, -0.2) is 0 Å². The molecule has 2 unspecified atom stereocenters. The third-order valence-electron chi connectivity index (χ3n) is 3.43. The summed E-state index contributed by atoms with van der Waals surface area (Å²) in [5, 5.41) is 8.74. The molecule has 2 rings (SSSR count). The van der Waals surface area contributed by atoms with Crippen molar-refractivity contribution in [1.82, 2.24) is 0 Å². The molecule has 0 radical (unpaired) electrons. The van der Waals surface area contributed by atoms with Gasteiger partial charge in [-0.1, -0.05) is 6.92 Å². The van der Waals surface area contributed by atoms with Gasteiger partial charge in [-0.15, -0.1) is 0 Å². The summed E-state index contributed by atoms with van der Waals surface area (Å²) in [6.45, 7) is 2.35. The summed E-state index contributed by atoms with van der Waals surface area (Å²) >= 11 is 0. The summed E-state index contributed by atoms with van der Waals surface area (Å²) in [4.78, 5) is 0. The first-order valence-corrected chi connectivity index (χ1v) is 4.69. The molecule has 2 aliphatic carbocycles. The molecule has 11 heavy (non-hydrogen) atoms. The Kier molecular flexibility index (Phi) is 1.64. The molecule has 0 aliphatic heterocycles. The zero-order valence-corrected chi connectivity index (χ0v) is 7.09. The smallest absolute Gasteiger partial charge is 0.0655 e. The molecule has 2 fully saturated rings. The van der Waals surface area contributed by atoms with Crippen molar-refractivity contribution < 1.29 is 0 Å². The summed E-state index contributed by atoms with van der Waals surface area (Å²) in [5.74, 6) is 3.16. The fraction of sp³-hybridized carbons (Fsp3) is 0.900. The second kappa shape index (κ2) is 2.52. The van der Waals surface area contributed by atoms with Gasteiger partial charge in [0.15, 0.2) is 0 Å². The lowest BCUT2D eigenvalue weighted by molar-refractivity contribution is 0.457. The van der Waals surface area contributed by atoms with Gasteiger partial charge in [0.2, 0.25) is 0 Å². The third kappa shape index (κ3) is 1.15. The summed E-state index contributed by atoms with van der Waals surface area (Å²) in [6.07, 6.45) is 5.18. The Labute approximate surface area is 68.4 Å². The van der Waals surface area contributed by atoms with Crippen LogP contribution in [0.1, 0.15) is 32.6 Å². The molecule has 0 aromatic carbocycles. The van der Waals surface area contributed by atoms with E-state index in [0.29, 0.717) is 5.92 Å². The van der Waals surface area contributed by atoms with E-state index in [1.807, 2.05) is 0 Å². The van der Waals surface area contributed by atoms with Gasteiger partial charge < -0.3 is 0 Å². The molecule has 0 aromatic rings. The number of nitriles is 1. The SMILES string of the molecule is CC1C[C@@H]2CC(C#N)C[C@@H]2C1. The minimum absolute atomic E-state index is 0.400. The Hall–Kier alpha value is -0.510. The van der Waals surface area contributed by atoms with E-state index in [1.165, 1.54) is 25.7 Å². The first kappa shape index (κ1) is 7.16. The van der Waals surface area contributed by atoms with Crippen molar-refractivity contribution >= 4 is 0 Å². The van der Waals surface area contributed by atoms with Crippen LogP contribution in [-0.4, -0.2) is 0 Å². The van der Waals surface area contributed by atoms with Gasteiger partial charge in [-0.2, -0.15) is 5.26 Å². The van der Waals surface area contributed by atoms with E-state index < -0.39 is 0 Å². The fourth-order valence-electron chi connectivity index (χ4n) is 3.02. The highest BCUT2D eigenvalue weighted by atomic mass is 14.5. The highest BCUT2D eigenvalue weighted by Gasteiger charge is 2.39. The number of hydrogen-bond acceptors (Lipinski definition) is 1. The Morgan fingerprint density at radius 3 is 2.09 bits per heavy atom. The maximum Gasteiger partial charge on any atom is 0.0655 e. The first-order chi connectivity index (χ1) is 5.29. The van der Waals surface area contributed by atoms with Crippen molar-refractivity contribution in [3.8, 4) is 6.07 Å². The molecule has 2 aliphatic rings. The summed E-state index contributed by atoms with van der Waals surface area (Å²) in [7, 11) is 0. The van der Waals surface area contributed by atoms with E-state index in [1.54, 1.807) is 0 Å². The molecule has 4 atom stereocenters. The number of hydrogen-bond donors (Lipinski definition) is 0. The molecule has 0 saturated heterocycles. The molecule has 0 heterocycles. The van der Waals surface area contributed by atoms with Crippen LogP contribution in [0, 0.1) is 35.0 Å². The van der Waals surface area contributed by atoms with Crippen molar-refractivity contribution in [3.63, 3.8) is 0 Å². The molecule has 0 bridgehead atoms. The van der Waals surface area contributed by atoms with Crippen LogP contribution >= 0.6 is 0 Å². The van der Waals surface area contributed by atoms with E-state index in [0.717, 1.165) is 17.8 Å². The predicted octanol–water partition coefficient (Wildman–Crippen LogP) is 2.58. The van der Waals surface area contributed by atoms with Crippen molar-refractivity contribution in [2.75, 3.05) is 0 Å². The zero-order valence-electron chi connectivity index (χ0n) is 7.09. The van der Waals surface area contributed by atoms with Gasteiger partial charge in [0.25, 0.3) is 0 Å². The quantitative estimate of drug-likeness (QED) is 0.519. The molecule has 0 spiro atoms. The normalized spacial score (nSPS) is 48.7. The Morgan fingerprint density at radius 1 is 1.09 bits per heavy atom. The number of rotatable bonds is 0. The second-order valence-electron chi connectivity index (χ2n) is 4.39. The van der Waals surface area contributed by atoms with Gasteiger partial charge in [0, 0.05) is 5.92 Å². The lowest BCUT2D eigenvalue weighted by Gasteiger charge is -2.04. The van der Waals surface area contributed by atoms with Gasteiger partial charge in [0.05, 0.1) is 6.07 Å². The van der Waals surface area contributed by atoms with Gasteiger partial charge in [-0.05, 0) is 43.4 Å². The number of fused-ring (bicyclic) bond motifs is 1. The van der Waals surface area contributed by atoms with Crippen molar-refractivity contribution in [2.45, 2.75) is 32.6 Å². The Bertz CT molecular complexity index is 178. The van der Waals surface area contributed by atoms with E-state index >= 15 is 0 Å². The lowest BCUT2D eigenvalue weighted by atomic mass is 10.0. The molecule has 1 heteroatoms. The van der Waals surface area contributed by atoms with Crippen LogP contribution in [0.25, 0.3) is 0 Å². The van der Waals surface area contributed by atoms with Crippen molar-refractivity contribution in [2.24, 2.45) is 23.7 Å². The molecule has 0 N–H and O–H groups in total. The topological polar surface area (TPSA) is 23.8 Å². The predicted molar refractivity (Wildman–Crippen MR) is 43.7 cm³/mol. The molecule has 2 saturated carbocycles. The van der Waals surface area contributed by atoms with E-state index in [-0.39, 0.29) is 0 Å². The van der Waals surface area contributed by atoms with Crippen LogP contribution in [0.3, 0.4) is 0 Å². The largest absolute Gasteiger partial charge is 0.198 e. The Morgan fingerprint density at radius 2 is 1.64 bits per heavy atom. The van der Waals surface area contributed by atoms with Crippen LogP contribution in [0.4, 0.5) is 0 Å². The lowest BCUT2D eigenvalue weighted by Crippen LogP contribution is -1.95. The maximum atomic E-state index is 8.74. The van der Waals surface area contributed by atoms with Crippen LogP contribution in [0.15, 0.2) is 0 Å². The van der Waals surface area contributed by atoms with Crippen LogP contribution in [0.5, 0.6) is 0 Å². The first-order valence-electron chi connectivity index (χ1n) is 4.69. The molecule has 0 aromatic heterocycles. The van der Waals surface area contributed by atoms with Crippen molar-refractivity contribution in [3.05, 3.63) is 0 Å². The van der Waals surface area contributed by atoms with E-state index in [2.05, 4.69) is 13.0 Å². The Balaban J connectivity index is 2.00. The van der Waals surface area contributed by atoms with E-state index in [9.17, 15) is 0 Å².